The Hall–Kier alpha value is -1.04. The molecule has 0 saturated carbocycles. The van der Waals surface area contributed by atoms with Crippen LogP contribution in [0.15, 0.2) is 18.5 Å². The topological polar surface area (TPSA) is 63.8 Å². The van der Waals surface area contributed by atoms with E-state index in [1.54, 1.807) is 11.3 Å². The number of aromatic nitrogens is 2. The molecule has 3 N–H and O–H groups in total. The Balaban J connectivity index is 1.92. The lowest BCUT2D eigenvalue weighted by Crippen LogP contribution is -2.08. The number of thiophene rings is 1. The monoisotopic (exact) mass is 288 g/mol. The normalized spacial score (nSPS) is 10.5. The second-order valence-electron chi connectivity index (χ2n) is 3.31. The van der Waals surface area contributed by atoms with Crippen LogP contribution in [0, 0.1) is 0 Å². The molecule has 0 atom stereocenters. The molecule has 17 heavy (non-hydrogen) atoms. The van der Waals surface area contributed by atoms with Crippen molar-refractivity contribution in [2.45, 2.75) is 6.42 Å². The lowest BCUT2D eigenvalue weighted by Gasteiger charge is -2.07. The van der Waals surface area contributed by atoms with E-state index in [0.717, 1.165) is 10.8 Å². The van der Waals surface area contributed by atoms with Crippen molar-refractivity contribution in [2.75, 3.05) is 17.6 Å². The predicted octanol–water partition coefficient (Wildman–Crippen LogP) is 3.08. The molecule has 0 fully saturated rings. The Bertz CT molecular complexity index is 515. The van der Waals surface area contributed by atoms with E-state index in [1.165, 1.54) is 11.2 Å². The maximum Gasteiger partial charge on any atom is 0.157 e. The molecule has 2 rings (SSSR count). The fourth-order valence-corrected chi connectivity index (χ4v) is 2.53. The minimum Gasteiger partial charge on any atom is -0.393 e. The van der Waals surface area contributed by atoms with Crippen molar-refractivity contribution in [3.63, 3.8) is 0 Å². The van der Waals surface area contributed by atoms with E-state index in [0.29, 0.717) is 18.1 Å². The standard InChI is InChI=1S/C10H10Cl2N4S/c11-7-2-1-6(17-7)3-4-14-10-8(13)9(12)15-5-16-10/h1-2,5H,3-4,13H2,(H,14,15,16). The van der Waals surface area contributed by atoms with E-state index in [-0.39, 0.29) is 5.15 Å². The minimum absolute atomic E-state index is 0.265. The molecule has 0 unspecified atom stereocenters. The molecule has 0 radical (unpaired) electrons. The zero-order chi connectivity index (χ0) is 12.3. The molecular weight excluding hydrogens is 279 g/mol. The number of nitrogen functional groups attached to an aromatic ring is 1. The van der Waals surface area contributed by atoms with Gasteiger partial charge >= 0.3 is 0 Å². The summed E-state index contributed by atoms with van der Waals surface area (Å²) in [6, 6.07) is 3.89. The summed E-state index contributed by atoms with van der Waals surface area (Å²) in [4.78, 5) is 9.01. The highest BCUT2D eigenvalue weighted by molar-refractivity contribution is 7.16. The number of hydrogen-bond donors (Lipinski definition) is 2. The van der Waals surface area contributed by atoms with E-state index < -0.39 is 0 Å². The molecular formula is C10H10Cl2N4S. The highest BCUT2D eigenvalue weighted by atomic mass is 35.5. The van der Waals surface area contributed by atoms with Gasteiger partial charge in [-0.2, -0.15) is 0 Å². The molecule has 0 aromatic carbocycles. The van der Waals surface area contributed by atoms with Gasteiger partial charge in [-0.25, -0.2) is 9.97 Å². The number of rotatable bonds is 4. The first-order valence-corrected chi connectivity index (χ1v) is 6.48. The first-order valence-electron chi connectivity index (χ1n) is 4.91. The van der Waals surface area contributed by atoms with Crippen molar-refractivity contribution < 1.29 is 0 Å². The number of anilines is 2. The average molecular weight is 289 g/mol. The third kappa shape index (κ3) is 3.21. The van der Waals surface area contributed by atoms with Crippen LogP contribution in [0.2, 0.25) is 9.49 Å². The quantitative estimate of drug-likeness (QED) is 0.849. The largest absolute Gasteiger partial charge is 0.393 e. The Labute approximate surface area is 113 Å². The van der Waals surface area contributed by atoms with Crippen molar-refractivity contribution in [3.05, 3.63) is 32.8 Å². The average Bonchev–Trinajstić information content (AvgIpc) is 2.70. The lowest BCUT2D eigenvalue weighted by atomic mass is 10.3. The van der Waals surface area contributed by atoms with Crippen LogP contribution in [0.4, 0.5) is 11.5 Å². The number of nitrogens with one attached hydrogen (secondary N) is 1. The van der Waals surface area contributed by atoms with Gasteiger partial charge in [0.25, 0.3) is 0 Å². The van der Waals surface area contributed by atoms with Gasteiger partial charge in [0.2, 0.25) is 0 Å². The van der Waals surface area contributed by atoms with Crippen LogP contribution in [-0.4, -0.2) is 16.5 Å². The second kappa shape index (κ2) is 5.53. The third-order valence-electron chi connectivity index (χ3n) is 2.13. The molecule has 0 spiro atoms. The van der Waals surface area contributed by atoms with Crippen molar-refractivity contribution in [1.82, 2.24) is 9.97 Å². The summed E-state index contributed by atoms with van der Waals surface area (Å²) in [5.41, 5.74) is 6.10. The molecule has 90 valence electrons. The van der Waals surface area contributed by atoms with Crippen LogP contribution >= 0.6 is 34.5 Å². The molecule has 2 aromatic heterocycles. The van der Waals surface area contributed by atoms with E-state index in [2.05, 4.69) is 15.3 Å². The molecule has 7 heteroatoms. The zero-order valence-electron chi connectivity index (χ0n) is 8.78. The fourth-order valence-electron chi connectivity index (χ4n) is 1.31. The van der Waals surface area contributed by atoms with E-state index in [9.17, 15) is 0 Å². The summed E-state index contributed by atoms with van der Waals surface area (Å²) in [5, 5.41) is 3.38. The molecule has 0 amide bonds. The third-order valence-corrected chi connectivity index (χ3v) is 3.72. The van der Waals surface area contributed by atoms with Crippen LogP contribution in [0.3, 0.4) is 0 Å². The Morgan fingerprint density at radius 3 is 2.82 bits per heavy atom. The molecule has 0 bridgehead atoms. The van der Waals surface area contributed by atoms with Crippen molar-refractivity contribution in [3.8, 4) is 0 Å². The molecule has 2 aromatic rings. The van der Waals surface area contributed by atoms with E-state index in [1.807, 2.05) is 12.1 Å². The van der Waals surface area contributed by atoms with E-state index in [4.69, 9.17) is 28.9 Å². The van der Waals surface area contributed by atoms with Crippen LogP contribution < -0.4 is 11.1 Å². The van der Waals surface area contributed by atoms with Gasteiger partial charge in [-0.1, -0.05) is 23.2 Å². The van der Waals surface area contributed by atoms with E-state index >= 15 is 0 Å². The molecule has 2 heterocycles. The Morgan fingerprint density at radius 2 is 2.12 bits per heavy atom. The lowest BCUT2D eigenvalue weighted by molar-refractivity contribution is 1.02. The first kappa shape index (κ1) is 12.4. The molecule has 4 nitrogen and oxygen atoms in total. The summed E-state index contributed by atoms with van der Waals surface area (Å²) >= 11 is 13.2. The van der Waals surface area contributed by atoms with Crippen LogP contribution in [0.1, 0.15) is 4.88 Å². The molecule has 0 aliphatic rings. The SMILES string of the molecule is Nc1c(Cl)ncnc1NCCc1ccc(Cl)s1. The first-order chi connectivity index (χ1) is 8.16. The second-order valence-corrected chi connectivity index (χ2v) is 5.47. The zero-order valence-corrected chi connectivity index (χ0v) is 11.1. The highest BCUT2D eigenvalue weighted by Gasteiger charge is 2.05. The van der Waals surface area contributed by atoms with Gasteiger partial charge in [-0.3, -0.25) is 0 Å². The maximum absolute atomic E-state index is 5.84. The number of hydrogen-bond acceptors (Lipinski definition) is 5. The van der Waals surface area contributed by atoms with Gasteiger partial charge in [-0.15, -0.1) is 11.3 Å². The van der Waals surface area contributed by atoms with Gasteiger partial charge < -0.3 is 11.1 Å². The van der Waals surface area contributed by atoms with Crippen LogP contribution in [0.5, 0.6) is 0 Å². The van der Waals surface area contributed by atoms with Gasteiger partial charge in [0.05, 0.1) is 4.34 Å². The summed E-state index contributed by atoms with van der Waals surface area (Å²) in [7, 11) is 0. The van der Waals surface area contributed by atoms with Crippen molar-refractivity contribution in [1.29, 1.82) is 0 Å². The van der Waals surface area contributed by atoms with Crippen LogP contribution in [-0.2, 0) is 6.42 Å². The summed E-state index contributed by atoms with van der Waals surface area (Å²) < 4.78 is 0.796. The summed E-state index contributed by atoms with van der Waals surface area (Å²) in [6.07, 6.45) is 2.24. The maximum atomic E-state index is 5.84. The Morgan fingerprint density at radius 1 is 1.29 bits per heavy atom. The predicted molar refractivity (Wildman–Crippen MR) is 73.0 cm³/mol. The van der Waals surface area contributed by atoms with Gasteiger partial charge in [0.1, 0.15) is 12.0 Å². The molecule has 0 aliphatic heterocycles. The van der Waals surface area contributed by atoms with Crippen LogP contribution in [0.25, 0.3) is 0 Å². The smallest absolute Gasteiger partial charge is 0.157 e. The van der Waals surface area contributed by atoms with Gasteiger partial charge in [-0.05, 0) is 18.6 Å². The molecule has 0 aliphatic carbocycles. The number of halogens is 2. The van der Waals surface area contributed by atoms with Crippen molar-refractivity contribution >= 4 is 46.0 Å². The number of nitrogens with two attached hydrogens (primary N) is 1. The van der Waals surface area contributed by atoms with Gasteiger partial charge in [0, 0.05) is 11.4 Å². The number of nitrogens with zero attached hydrogens (tertiary/aromatic N) is 2. The fraction of sp³-hybridized carbons (Fsp3) is 0.200. The Kier molecular flexibility index (Phi) is 4.04. The summed E-state index contributed by atoms with van der Waals surface area (Å²) in [6.45, 7) is 0.717. The van der Waals surface area contributed by atoms with Crippen molar-refractivity contribution in [2.24, 2.45) is 0 Å². The minimum atomic E-state index is 0.265. The summed E-state index contributed by atoms with van der Waals surface area (Å²) in [5.74, 6) is 0.563. The van der Waals surface area contributed by atoms with Gasteiger partial charge in [0.15, 0.2) is 11.0 Å². The highest BCUT2D eigenvalue weighted by Crippen LogP contribution is 2.23. The molecule has 0 saturated heterocycles.